The molecule has 0 aliphatic carbocycles. The lowest BCUT2D eigenvalue weighted by atomic mass is 10.1. The predicted octanol–water partition coefficient (Wildman–Crippen LogP) is 3.10. The summed E-state index contributed by atoms with van der Waals surface area (Å²) in [5.41, 5.74) is -1.95. The molecule has 0 spiro atoms. The molecule has 1 heterocycles. The Morgan fingerprint density at radius 2 is 1.92 bits per heavy atom. The lowest BCUT2D eigenvalue weighted by Crippen LogP contribution is -2.17. The zero-order valence-electron chi connectivity index (χ0n) is 12.6. The molecule has 0 fully saturated rings. The smallest absolute Gasteiger partial charge is 0.502 e. The van der Waals surface area contributed by atoms with Gasteiger partial charge in [0, 0.05) is 0 Å². The molecule has 3 aromatic rings. The number of aromatic nitrogens is 2. The molecular weight excluding hydrogens is 359 g/mol. The van der Waals surface area contributed by atoms with Crippen LogP contribution in [0, 0.1) is 10.1 Å². The molecule has 0 atom stereocenters. The molecule has 8 nitrogen and oxygen atoms in total. The maximum absolute atomic E-state index is 12.5. The minimum absolute atomic E-state index is 0.190. The molecule has 0 saturated heterocycles. The molecule has 0 aliphatic rings. The fraction of sp³-hybridized carbons (Fsp3) is 0.0667. The number of ether oxygens (including phenoxy) is 1. The van der Waals surface area contributed by atoms with Gasteiger partial charge < -0.3 is 14.8 Å². The third-order valence-electron chi connectivity index (χ3n) is 3.36. The largest absolute Gasteiger partial charge is 0.573 e. The molecule has 11 heteroatoms. The number of H-pyrrole nitrogens is 1. The first kappa shape index (κ1) is 17.2. The summed E-state index contributed by atoms with van der Waals surface area (Å²) in [6.07, 6.45) is -5.10. The van der Waals surface area contributed by atoms with Crippen molar-refractivity contribution in [3.05, 3.63) is 56.9 Å². The van der Waals surface area contributed by atoms with Crippen LogP contribution in [-0.4, -0.2) is 26.4 Å². The molecular formula is C15H8F3N3O5. The lowest BCUT2D eigenvalue weighted by molar-refractivity contribution is -0.386. The van der Waals surface area contributed by atoms with Gasteiger partial charge in [-0.25, -0.2) is 4.98 Å². The molecule has 3 rings (SSSR count). The number of nitro benzene ring substituents is 1. The Bertz CT molecular complexity index is 1080. The van der Waals surface area contributed by atoms with E-state index in [1.807, 2.05) is 0 Å². The van der Waals surface area contributed by atoms with Gasteiger partial charge in [0.05, 0.1) is 27.5 Å². The van der Waals surface area contributed by atoms with Gasteiger partial charge in [0.15, 0.2) is 0 Å². The number of halogens is 3. The summed E-state index contributed by atoms with van der Waals surface area (Å²) in [7, 11) is 0. The molecule has 0 bridgehead atoms. The number of phenolic OH excluding ortho intramolecular Hbond substituents is 1. The van der Waals surface area contributed by atoms with E-state index in [4.69, 9.17) is 0 Å². The number of hydrogen-bond acceptors (Lipinski definition) is 6. The van der Waals surface area contributed by atoms with Crippen LogP contribution in [0.4, 0.5) is 18.9 Å². The number of nitrogens with zero attached hydrogens (tertiary/aromatic N) is 2. The highest BCUT2D eigenvalue weighted by Gasteiger charge is 2.33. The van der Waals surface area contributed by atoms with E-state index in [2.05, 4.69) is 14.7 Å². The van der Waals surface area contributed by atoms with Crippen molar-refractivity contribution in [2.45, 2.75) is 6.36 Å². The normalized spacial score (nSPS) is 11.5. The molecule has 2 aromatic carbocycles. The minimum atomic E-state index is -5.10. The maximum atomic E-state index is 12.5. The average molecular weight is 367 g/mol. The number of rotatable bonds is 3. The molecule has 1 aromatic heterocycles. The van der Waals surface area contributed by atoms with Crippen LogP contribution in [0.2, 0.25) is 0 Å². The van der Waals surface area contributed by atoms with Gasteiger partial charge in [-0.05, 0) is 18.2 Å². The van der Waals surface area contributed by atoms with Crippen molar-refractivity contribution in [1.29, 1.82) is 0 Å². The van der Waals surface area contributed by atoms with Gasteiger partial charge in [0.25, 0.3) is 5.56 Å². The number of phenols is 1. The maximum Gasteiger partial charge on any atom is 0.573 e. The fourth-order valence-corrected chi connectivity index (χ4v) is 2.32. The number of aromatic amines is 1. The topological polar surface area (TPSA) is 118 Å². The zero-order valence-corrected chi connectivity index (χ0v) is 12.6. The van der Waals surface area contributed by atoms with Gasteiger partial charge in [0.1, 0.15) is 11.6 Å². The molecule has 0 amide bonds. The first-order chi connectivity index (χ1) is 12.2. The second-order valence-corrected chi connectivity index (χ2v) is 5.08. The van der Waals surface area contributed by atoms with Gasteiger partial charge in [-0.3, -0.25) is 14.9 Å². The SMILES string of the molecule is O=c1[nH]c(-c2cc(OC(F)(F)F)cc([N+](=O)[O-])c2O)nc2ccccc12. The average Bonchev–Trinajstić information content (AvgIpc) is 2.54. The molecule has 0 aliphatic heterocycles. The Kier molecular flexibility index (Phi) is 3.98. The van der Waals surface area contributed by atoms with Crippen molar-refractivity contribution in [2.75, 3.05) is 0 Å². The number of benzene rings is 2. The summed E-state index contributed by atoms with van der Waals surface area (Å²) in [5.74, 6) is -2.24. The summed E-state index contributed by atoms with van der Waals surface area (Å²) in [6, 6.07) is 7.21. The van der Waals surface area contributed by atoms with Gasteiger partial charge in [-0.15, -0.1) is 13.2 Å². The number of alkyl halides is 3. The summed E-state index contributed by atoms with van der Waals surface area (Å²) < 4.78 is 41.1. The van der Waals surface area contributed by atoms with Gasteiger partial charge in [-0.2, -0.15) is 0 Å². The van der Waals surface area contributed by atoms with Crippen LogP contribution >= 0.6 is 0 Å². The molecule has 2 N–H and O–H groups in total. The van der Waals surface area contributed by atoms with Crippen LogP contribution in [0.25, 0.3) is 22.3 Å². The summed E-state index contributed by atoms with van der Waals surface area (Å²) in [6.45, 7) is 0. The van der Waals surface area contributed by atoms with Crippen LogP contribution in [-0.2, 0) is 0 Å². The lowest BCUT2D eigenvalue weighted by Gasteiger charge is -2.11. The van der Waals surface area contributed by atoms with Crippen molar-refractivity contribution >= 4 is 16.6 Å². The second kappa shape index (κ2) is 6.02. The van der Waals surface area contributed by atoms with Crippen molar-refractivity contribution < 1.29 is 27.9 Å². The number of para-hydroxylation sites is 1. The Balaban J connectivity index is 2.26. The predicted molar refractivity (Wildman–Crippen MR) is 82.8 cm³/mol. The highest BCUT2D eigenvalue weighted by atomic mass is 19.4. The number of nitro groups is 1. The van der Waals surface area contributed by atoms with E-state index >= 15 is 0 Å². The molecule has 26 heavy (non-hydrogen) atoms. The minimum Gasteiger partial charge on any atom is -0.502 e. The van der Waals surface area contributed by atoms with E-state index in [1.165, 1.54) is 12.1 Å². The van der Waals surface area contributed by atoms with Crippen LogP contribution in [0.15, 0.2) is 41.2 Å². The number of hydrogen-bond donors (Lipinski definition) is 2. The summed E-state index contributed by atoms with van der Waals surface area (Å²) >= 11 is 0. The van der Waals surface area contributed by atoms with E-state index in [-0.39, 0.29) is 16.7 Å². The highest BCUT2D eigenvalue weighted by molar-refractivity contribution is 5.81. The van der Waals surface area contributed by atoms with Crippen LogP contribution in [0.1, 0.15) is 0 Å². The van der Waals surface area contributed by atoms with Crippen molar-refractivity contribution in [3.63, 3.8) is 0 Å². The van der Waals surface area contributed by atoms with Crippen LogP contribution in [0.3, 0.4) is 0 Å². The highest BCUT2D eigenvalue weighted by Crippen LogP contribution is 2.40. The third kappa shape index (κ3) is 3.27. The zero-order chi connectivity index (χ0) is 19.1. The standard InChI is InChI=1S/C15H8F3N3O5/c16-15(17,18)26-7-5-9(12(22)11(6-7)21(24)25)13-19-10-4-2-1-3-8(10)14(23)20-13/h1-6,22H,(H,19,20,23). The first-order valence-electron chi connectivity index (χ1n) is 6.92. The Hall–Kier alpha value is -3.63. The second-order valence-electron chi connectivity index (χ2n) is 5.08. The van der Waals surface area contributed by atoms with E-state index in [0.717, 1.165) is 0 Å². The first-order valence-corrected chi connectivity index (χ1v) is 6.92. The molecule has 0 unspecified atom stereocenters. The fourth-order valence-electron chi connectivity index (χ4n) is 2.32. The number of fused-ring (bicyclic) bond motifs is 1. The van der Waals surface area contributed by atoms with Gasteiger partial charge >= 0.3 is 12.0 Å². The van der Waals surface area contributed by atoms with Crippen molar-refractivity contribution in [2.24, 2.45) is 0 Å². The van der Waals surface area contributed by atoms with E-state index in [9.17, 15) is 33.2 Å². The van der Waals surface area contributed by atoms with Crippen molar-refractivity contribution in [3.8, 4) is 22.9 Å². The van der Waals surface area contributed by atoms with Crippen LogP contribution < -0.4 is 10.3 Å². The monoisotopic (exact) mass is 367 g/mol. The van der Waals surface area contributed by atoms with Gasteiger partial charge in [0.2, 0.25) is 5.75 Å². The molecule has 0 saturated carbocycles. The summed E-state index contributed by atoms with van der Waals surface area (Å²) in [4.78, 5) is 28.3. The van der Waals surface area contributed by atoms with E-state index < -0.39 is 39.6 Å². The number of nitrogens with one attached hydrogen (secondary N) is 1. The van der Waals surface area contributed by atoms with Crippen molar-refractivity contribution in [1.82, 2.24) is 9.97 Å². The Labute approximate surface area is 141 Å². The van der Waals surface area contributed by atoms with Gasteiger partial charge in [-0.1, -0.05) is 12.1 Å². The molecule has 134 valence electrons. The number of aromatic hydroxyl groups is 1. The van der Waals surface area contributed by atoms with E-state index in [1.54, 1.807) is 12.1 Å². The summed E-state index contributed by atoms with van der Waals surface area (Å²) in [5, 5.41) is 21.3. The van der Waals surface area contributed by atoms with E-state index in [0.29, 0.717) is 12.1 Å². The van der Waals surface area contributed by atoms with Crippen LogP contribution in [0.5, 0.6) is 11.5 Å². The Morgan fingerprint density at radius 1 is 1.23 bits per heavy atom. The quantitative estimate of drug-likeness (QED) is 0.542. The Morgan fingerprint density at radius 3 is 2.58 bits per heavy atom. The molecule has 0 radical (unpaired) electrons. The third-order valence-corrected chi connectivity index (χ3v) is 3.36.